The summed E-state index contributed by atoms with van der Waals surface area (Å²) >= 11 is 0. The van der Waals surface area contributed by atoms with Gasteiger partial charge in [-0.15, -0.1) is 0 Å². The third kappa shape index (κ3) is 5.75. The van der Waals surface area contributed by atoms with Gasteiger partial charge < -0.3 is 15.7 Å². The molecule has 0 fully saturated rings. The summed E-state index contributed by atoms with van der Waals surface area (Å²) in [6, 6.07) is -0.141. The van der Waals surface area contributed by atoms with Crippen LogP contribution in [0.4, 0.5) is 4.79 Å². The van der Waals surface area contributed by atoms with Crippen molar-refractivity contribution in [3.63, 3.8) is 0 Å². The Labute approximate surface area is 126 Å². The van der Waals surface area contributed by atoms with Crippen molar-refractivity contribution in [3.8, 4) is 0 Å². The van der Waals surface area contributed by atoms with Gasteiger partial charge in [0.15, 0.2) is 0 Å². The Morgan fingerprint density at radius 1 is 1.52 bits per heavy atom. The molecule has 0 spiro atoms. The van der Waals surface area contributed by atoms with E-state index in [0.717, 1.165) is 12.8 Å². The van der Waals surface area contributed by atoms with Crippen LogP contribution in [0.5, 0.6) is 0 Å². The molecule has 1 aromatic heterocycles. The smallest absolute Gasteiger partial charge is 0.315 e. The Morgan fingerprint density at radius 3 is 2.71 bits per heavy atom. The SMILES string of the molecule is CCC(C)CC(C)NC(=O)NCC(C)(O)c1cnn(C)c1. The van der Waals surface area contributed by atoms with Crippen molar-refractivity contribution >= 4 is 6.03 Å². The third-order valence-corrected chi connectivity index (χ3v) is 3.75. The molecule has 0 aliphatic heterocycles. The van der Waals surface area contributed by atoms with Crippen molar-refractivity contribution in [1.29, 1.82) is 0 Å². The Morgan fingerprint density at radius 2 is 2.19 bits per heavy atom. The lowest BCUT2D eigenvalue weighted by Gasteiger charge is -2.23. The highest BCUT2D eigenvalue weighted by molar-refractivity contribution is 5.74. The number of nitrogens with one attached hydrogen (secondary N) is 2. The second kappa shape index (κ2) is 7.45. The van der Waals surface area contributed by atoms with E-state index in [9.17, 15) is 9.90 Å². The predicted molar refractivity (Wildman–Crippen MR) is 82.8 cm³/mol. The molecular weight excluding hydrogens is 268 g/mol. The summed E-state index contributed by atoms with van der Waals surface area (Å²) in [4.78, 5) is 11.9. The molecule has 0 saturated heterocycles. The van der Waals surface area contributed by atoms with Gasteiger partial charge in [0.25, 0.3) is 0 Å². The molecule has 0 aliphatic carbocycles. The average molecular weight is 296 g/mol. The molecule has 3 N–H and O–H groups in total. The Kier molecular flexibility index (Phi) is 6.20. The van der Waals surface area contributed by atoms with Crippen LogP contribution in [0.25, 0.3) is 0 Å². The van der Waals surface area contributed by atoms with E-state index in [4.69, 9.17) is 0 Å². The van der Waals surface area contributed by atoms with Crippen LogP contribution >= 0.6 is 0 Å². The van der Waals surface area contributed by atoms with Gasteiger partial charge in [-0.25, -0.2) is 4.79 Å². The Bertz CT molecular complexity index is 456. The van der Waals surface area contributed by atoms with Gasteiger partial charge in [-0.2, -0.15) is 5.10 Å². The van der Waals surface area contributed by atoms with Crippen LogP contribution in [0.1, 0.15) is 46.1 Å². The second-order valence-electron chi connectivity index (χ2n) is 6.15. The maximum atomic E-state index is 11.9. The van der Waals surface area contributed by atoms with Crippen molar-refractivity contribution in [1.82, 2.24) is 20.4 Å². The number of hydrogen-bond acceptors (Lipinski definition) is 3. The first-order valence-electron chi connectivity index (χ1n) is 7.50. The molecular formula is C15H28N4O2. The van der Waals surface area contributed by atoms with Crippen LogP contribution in [-0.2, 0) is 12.6 Å². The first kappa shape index (κ1) is 17.5. The van der Waals surface area contributed by atoms with Crippen molar-refractivity contribution < 1.29 is 9.90 Å². The number of carbonyl (C=O) groups is 1. The van der Waals surface area contributed by atoms with Gasteiger partial charge in [-0.3, -0.25) is 4.68 Å². The number of urea groups is 1. The molecule has 0 bridgehead atoms. The van der Waals surface area contributed by atoms with Crippen LogP contribution in [0, 0.1) is 5.92 Å². The highest BCUT2D eigenvalue weighted by Crippen LogP contribution is 2.18. The average Bonchev–Trinajstić information content (AvgIpc) is 2.83. The Balaban J connectivity index is 2.42. The van der Waals surface area contributed by atoms with E-state index >= 15 is 0 Å². The van der Waals surface area contributed by atoms with E-state index in [1.807, 2.05) is 6.92 Å². The summed E-state index contributed by atoms with van der Waals surface area (Å²) in [7, 11) is 1.79. The van der Waals surface area contributed by atoms with Crippen LogP contribution in [0.3, 0.4) is 0 Å². The van der Waals surface area contributed by atoms with Gasteiger partial charge in [0.05, 0.1) is 12.7 Å². The van der Waals surface area contributed by atoms with Crippen LogP contribution in [-0.4, -0.2) is 33.5 Å². The highest BCUT2D eigenvalue weighted by atomic mass is 16.3. The van der Waals surface area contributed by atoms with Gasteiger partial charge in [0.2, 0.25) is 0 Å². The van der Waals surface area contributed by atoms with E-state index in [1.54, 1.807) is 31.0 Å². The molecule has 6 nitrogen and oxygen atoms in total. The van der Waals surface area contributed by atoms with Crippen LogP contribution in [0.15, 0.2) is 12.4 Å². The van der Waals surface area contributed by atoms with Gasteiger partial charge in [0.1, 0.15) is 5.60 Å². The summed E-state index contributed by atoms with van der Waals surface area (Å²) in [5.41, 5.74) is -0.455. The zero-order chi connectivity index (χ0) is 16.0. The number of carbonyl (C=O) groups excluding carboxylic acids is 1. The molecule has 1 aromatic rings. The first-order chi connectivity index (χ1) is 9.74. The standard InChI is InChI=1S/C15H28N4O2/c1-6-11(2)7-12(3)18-14(20)16-10-15(4,21)13-8-17-19(5)9-13/h8-9,11-12,21H,6-7,10H2,1-5H3,(H2,16,18,20). The molecule has 0 aromatic carbocycles. The van der Waals surface area contributed by atoms with E-state index in [-0.39, 0.29) is 18.6 Å². The molecule has 0 saturated carbocycles. The summed E-state index contributed by atoms with van der Waals surface area (Å²) < 4.78 is 1.62. The zero-order valence-corrected chi connectivity index (χ0v) is 13.7. The molecule has 0 aliphatic rings. The molecule has 1 rings (SSSR count). The van der Waals surface area contributed by atoms with E-state index < -0.39 is 5.60 Å². The number of rotatable bonds is 7. The zero-order valence-electron chi connectivity index (χ0n) is 13.7. The quantitative estimate of drug-likeness (QED) is 0.717. The van der Waals surface area contributed by atoms with Crippen LogP contribution in [0.2, 0.25) is 0 Å². The first-order valence-corrected chi connectivity index (χ1v) is 7.50. The fourth-order valence-electron chi connectivity index (χ4n) is 2.16. The van der Waals surface area contributed by atoms with E-state index in [0.29, 0.717) is 11.5 Å². The predicted octanol–water partition coefficient (Wildman–Crippen LogP) is 1.75. The lowest BCUT2D eigenvalue weighted by atomic mass is 9.99. The van der Waals surface area contributed by atoms with Gasteiger partial charge >= 0.3 is 6.03 Å². The lowest BCUT2D eigenvalue weighted by Crippen LogP contribution is -2.46. The largest absolute Gasteiger partial charge is 0.383 e. The second-order valence-corrected chi connectivity index (χ2v) is 6.15. The van der Waals surface area contributed by atoms with Gasteiger partial charge in [0, 0.05) is 24.8 Å². The molecule has 3 unspecified atom stereocenters. The van der Waals surface area contributed by atoms with Crippen molar-refractivity contribution in [3.05, 3.63) is 18.0 Å². The summed E-state index contributed by atoms with van der Waals surface area (Å²) in [5.74, 6) is 0.582. The minimum absolute atomic E-state index is 0.114. The third-order valence-electron chi connectivity index (χ3n) is 3.75. The van der Waals surface area contributed by atoms with Crippen LogP contribution < -0.4 is 10.6 Å². The fraction of sp³-hybridized carbons (Fsp3) is 0.733. The van der Waals surface area contributed by atoms with Crippen molar-refractivity contribution in [2.45, 2.75) is 52.2 Å². The molecule has 0 radical (unpaired) electrons. The molecule has 1 heterocycles. The molecule has 2 amide bonds. The number of hydrogen-bond donors (Lipinski definition) is 3. The topological polar surface area (TPSA) is 79.2 Å². The van der Waals surface area contributed by atoms with Crippen molar-refractivity contribution in [2.24, 2.45) is 13.0 Å². The highest BCUT2D eigenvalue weighted by Gasteiger charge is 2.25. The molecule has 3 atom stereocenters. The van der Waals surface area contributed by atoms with E-state index in [1.165, 1.54) is 0 Å². The molecule has 21 heavy (non-hydrogen) atoms. The fourth-order valence-corrected chi connectivity index (χ4v) is 2.16. The van der Waals surface area contributed by atoms with Gasteiger partial charge in [-0.05, 0) is 26.2 Å². The monoisotopic (exact) mass is 296 g/mol. The van der Waals surface area contributed by atoms with Crippen molar-refractivity contribution in [2.75, 3.05) is 6.54 Å². The summed E-state index contributed by atoms with van der Waals surface area (Å²) in [6.07, 6.45) is 5.39. The number of aliphatic hydroxyl groups is 1. The minimum Gasteiger partial charge on any atom is -0.383 e. The Hall–Kier alpha value is -1.56. The van der Waals surface area contributed by atoms with E-state index in [2.05, 4.69) is 29.6 Å². The molecule has 6 heteroatoms. The van der Waals surface area contributed by atoms with Gasteiger partial charge in [-0.1, -0.05) is 20.3 Å². The normalized spacial score (nSPS) is 16.9. The number of aryl methyl sites for hydroxylation is 1. The summed E-state index contributed by atoms with van der Waals surface area (Å²) in [5, 5.41) is 20.0. The maximum Gasteiger partial charge on any atom is 0.315 e. The molecule has 120 valence electrons. The summed E-state index contributed by atoms with van der Waals surface area (Å²) in [6.45, 7) is 8.10. The minimum atomic E-state index is -1.13. The number of aromatic nitrogens is 2. The number of amides is 2. The lowest BCUT2D eigenvalue weighted by molar-refractivity contribution is 0.0591. The maximum absolute atomic E-state index is 11.9. The number of nitrogens with zero attached hydrogens (tertiary/aromatic N) is 2.